The summed E-state index contributed by atoms with van der Waals surface area (Å²) in [4.78, 5) is 45.5. The van der Waals surface area contributed by atoms with E-state index in [4.69, 9.17) is 14.4 Å². The largest absolute Gasteiger partial charge is 0.490 e. The van der Waals surface area contributed by atoms with E-state index in [9.17, 15) is 27.9 Å². The molecule has 3 aliphatic rings. The number of thiazole rings is 1. The number of nitrogens with one attached hydrogen (secondary N) is 2. The molecule has 2 aromatic heterocycles. The van der Waals surface area contributed by atoms with Crippen molar-refractivity contribution in [3.63, 3.8) is 0 Å². The Balaban J connectivity index is 0.000000582. The van der Waals surface area contributed by atoms with Gasteiger partial charge in [-0.2, -0.15) is 13.2 Å². The molecule has 6 rings (SSSR count). The number of rotatable bonds is 8. The molecule has 16 heteroatoms. The highest BCUT2D eigenvalue weighted by atomic mass is 32.1. The Labute approximate surface area is 279 Å². The number of halogens is 3. The second kappa shape index (κ2) is 13.8. The Bertz CT molecular complexity index is 1610. The van der Waals surface area contributed by atoms with E-state index in [1.807, 2.05) is 63.5 Å². The lowest BCUT2D eigenvalue weighted by molar-refractivity contribution is -0.192. The second-order valence-electron chi connectivity index (χ2n) is 13.1. The third-order valence-electron chi connectivity index (χ3n) is 9.02. The molecule has 3 fully saturated rings. The summed E-state index contributed by atoms with van der Waals surface area (Å²) in [5.41, 5.74) is 5.23. The van der Waals surface area contributed by atoms with E-state index in [2.05, 4.69) is 25.7 Å². The van der Waals surface area contributed by atoms with Crippen LogP contribution in [0, 0.1) is 18.3 Å². The van der Waals surface area contributed by atoms with Crippen LogP contribution in [-0.4, -0.2) is 94.1 Å². The number of hydrogen-bond donors (Lipinski definition) is 4. The molecule has 5 heterocycles. The van der Waals surface area contributed by atoms with Crippen LogP contribution in [0.4, 0.5) is 19.0 Å². The maximum absolute atomic E-state index is 13.9. The van der Waals surface area contributed by atoms with Gasteiger partial charge >= 0.3 is 12.1 Å². The number of hydrogen-bond acceptors (Lipinski definition) is 10. The lowest BCUT2D eigenvalue weighted by atomic mass is 9.74. The van der Waals surface area contributed by atoms with E-state index in [-0.39, 0.29) is 36.7 Å². The Kier molecular flexibility index (Phi) is 10.2. The Morgan fingerprint density at radius 1 is 1.15 bits per heavy atom. The lowest BCUT2D eigenvalue weighted by Gasteiger charge is -2.56. The summed E-state index contributed by atoms with van der Waals surface area (Å²) in [6.45, 7) is 11.9. The zero-order chi connectivity index (χ0) is 35.0. The lowest BCUT2D eigenvalue weighted by Crippen LogP contribution is -2.71. The van der Waals surface area contributed by atoms with Crippen LogP contribution in [0.3, 0.4) is 0 Å². The van der Waals surface area contributed by atoms with Crippen LogP contribution < -0.4 is 15.5 Å². The van der Waals surface area contributed by atoms with E-state index in [1.54, 1.807) is 11.3 Å². The van der Waals surface area contributed by atoms with Crippen molar-refractivity contribution in [2.24, 2.45) is 11.3 Å². The van der Waals surface area contributed by atoms with Gasteiger partial charge in [-0.15, -0.1) is 11.3 Å². The van der Waals surface area contributed by atoms with Gasteiger partial charge in [0.05, 0.1) is 28.2 Å². The summed E-state index contributed by atoms with van der Waals surface area (Å²) in [7, 11) is 0. The van der Waals surface area contributed by atoms with E-state index in [0.717, 1.165) is 53.7 Å². The number of aryl methyl sites for hydroxylation is 1. The molecule has 0 bridgehead atoms. The van der Waals surface area contributed by atoms with Gasteiger partial charge in [0, 0.05) is 50.6 Å². The monoisotopic (exact) mass is 692 g/mol. The number of carbonyl (C=O) groups is 3. The molecule has 1 spiro atoms. The number of aromatic nitrogens is 2. The number of aliphatic hydroxyl groups excluding tert-OH is 1. The first-order valence-corrected chi connectivity index (χ1v) is 16.5. The van der Waals surface area contributed by atoms with Crippen molar-refractivity contribution >= 4 is 34.9 Å². The minimum Gasteiger partial charge on any atom is -0.475 e. The minimum absolute atomic E-state index is 0.0806. The average Bonchev–Trinajstić information content (AvgIpc) is 3.71. The summed E-state index contributed by atoms with van der Waals surface area (Å²) >= 11 is 1.60. The van der Waals surface area contributed by atoms with Gasteiger partial charge in [-0.25, -0.2) is 9.78 Å². The molecule has 4 N–H and O–H groups in total. The molecule has 4 atom stereocenters. The molecule has 3 saturated heterocycles. The molecule has 2 amide bonds. The molecule has 0 aliphatic carbocycles. The molecule has 12 nitrogen and oxygen atoms in total. The van der Waals surface area contributed by atoms with Crippen LogP contribution in [0.1, 0.15) is 56.2 Å². The third kappa shape index (κ3) is 7.50. The van der Waals surface area contributed by atoms with E-state index in [1.165, 1.54) is 4.90 Å². The molecule has 48 heavy (non-hydrogen) atoms. The number of carboxylic acid groups (broad SMARTS) is 1. The van der Waals surface area contributed by atoms with Crippen LogP contribution in [0.25, 0.3) is 10.4 Å². The van der Waals surface area contributed by atoms with Crippen LogP contribution in [0.5, 0.6) is 0 Å². The summed E-state index contributed by atoms with van der Waals surface area (Å²) in [6.07, 6.45) is -5.65. The predicted molar refractivity (Wildman–Crippen MR) is 170 cm³/mol. The fourth-order valence-electron chi connectivity index (χ4n) is 6.32. The maximum atomic E-state index is 13.9. The molecule has 1 aromatic carbocycles. The van der Waals surface area contributed by atoms with Gasteiger partial charge in [-0.3, -0.25) is 9.59 Å². The standard InChI is InChI=1S/C30H38N6O4S.C2HF3O2/c1-17(2)26(24-10-25(34-40-24)35-14-30(15-35)12-31-13-30)29(39)36-11-22(37)9-23(36)28(38)33-18(3)20-5-7-21(8-6-20)27-19(4)32-16-41-27;3-2(4,5)1(6)7/h5-8,10,16-18,22-23,26,31,37H,9,11-15H2,1-4H3,(H,33,38);(H,6,7)/t18-,22+,23-,26+;/m0./s1. The predicted octanol–water partition coefficient (Wildman–Crippen LogP) is 3.73. The highest BCUT2D eigenvalue weighted by molar-refractivity contribution is 7.13. The van der Waals surface area contributed by atoms with Crippen LogP contribution >= 0.6 is 11.3 Å². The number of carbonyl (C=O) groups excluding carboxylic acids is 2. The molecule has 0 saturated carbocycles. The number of alkyl halides is 3. The Morgan fingerprint density at radius 3 is 2.31 bits per heavy atom. The highest BCUT2D eigenvalue weighted by Gasteiger charge is 2.49. The quantitative estimate of drug-likeness (QED) is 0.274. The summed E-state index contributed by atoms with van der Waals surface area (Å²) in [6, 6.07) is 8.92. The maximum Gasteiger partial charge on any atom is 0.490 e. The van der Waals surface area contributed by atoms with E-state index >= 15 is 0 Å². The Hall–Kier alpha value is -4.02. The zero-order valence-corrected chi connectivity index (χ0v) is 27.8. The van der Waals surface area contributed by atoms with Gasteiger partial charge in [-0.05, 0) is 30.9 Å². The number of amides is 2. The van der Waals surface area contributed by atoms with Crippen molar-refractivity contribution in [1.82, 2.24) is 25.7 Å². The van der Waals surface area contributed by atoms with Crippen LogP contribution in [-0.2, 0) is 14.4 Å². The van der Waals surface area contributed by atoms with Crippen molar-refractivity contribution in [3.8, 4) is 10.4 Å². The molecule has 3 aliphatic heterocycles. The Morgan fingerprint density at radius 2 is 1.79 bits per heavy atom. The van der Waals surface area contributed by atoms with Gasteiger partial charge in [0.1, 0.15) is 12.0 Å². The number of nitrogens with zero attached hydrogens (tertiary/aromatic N) is 4. The normalized spacial score (nSPS) is 21.2. The van der Waals surface area contributed by atoms with Gasteiger partial charge in [0.15, 0.2) is 11.6 Å². The van der Waals surface area contributed by atoms with Gasteiger partial charge in [0.2, 0.25) is 11.8 Å². The van der Waals surface area contributed by atoms with Gasteiger partial charge < -0.3 is 35.2 Å². The smallest absolute Gasteiger partial charge is 0.475 e. The number of carboxylic acids is 1. The molecular weight excluding hydrogens is 653 g/mol. The van der Waals surface area contributed by atoms with Crippen LogP contribution in [0.15, 0.2) is 40.4 Å². The minimum atomic E-state index is -5.08. The number of anilines is 1. The number of benzene rings is 1. The first-order valence-electron chi connectivity index (χ1n) is 15.6. The first-order chi connectivity index (χ1) is 22.6. The van der Waals surface area contributed by atoms with Crippen molar-refractivity contribution in [2.45, 2.75) is 64.4 Å². The fourth-order valence-corrected chi connectivity index (χ4v) is 7.13. The summed E-state index contributed by atoms with van der Waals surface area (Å²) < 4.78 is 37.4. The number of aliphatic carboxylic acids is 1. The average molecular weight is 693 g/mol. The van der Waals surface area contributed by atoms with Crippen LogP contribution in [0.2, 0.25) is 0 Å². The topological polar surface area (TPSA) is 161 Å². The molecule has 0 radical (unpaired) electrons. The van der Waals surface area contributed by atoms with Crippen molar-refractivity contribution in [1.29, 1.82) is 0 Å². The van der Waals surface area contributed by atoms with Crippen molar-refractivity contribution in [3.05, 3.63) is 52.9 Å². The highest BCUT2D eigenvalue weighted by Crippen LogP contribution is 2.39. The summed E-state index contributed by atoms with van der Waals surface area (Å²) in [5.74, 6) is -2.69. The molecular formula is C32H39F3N6O6S. The SMILES string of the molecule is Cc1ncsc1-c1ccc([C@H](C)NC(=O)[C@@H]2C[C@@H](O)CN2C(=O)[C@@H](c2cc(N3CC4(CNC4)C3)no2)C(C)C)cc1.O=C(O)C(F)(F)F. The molecule has 3 aromatic rings. The second-order valence-corrected chi connectivity index (χ2v) is 13.9. The van der Waals surface area contributed by atoms with Crippen molar-refractivity contribution < 1.29 is 42.3 Å². The molecule has 0 unspecified atom stereocenters. The molecule has 260 valence electrons. The summed E-state index contributed by atoms with van der Waals surface area (Å²) in [5, 5.41) is 28.3. The zero-order valence-electron chi connectivity index (χ0n) is 27.0. The van der Waals surface area contributed by atoms with E-state index < -0.39 is 30.2 Å². The number of likely N-dealkylation sites (tertiary alicyclic amines) is 1. The first kappa shape index (κ1) is 35.3. The number of β-amino-alcohol motifs (C(OH)–C–C–N with tert-alkyl or cyclic N) is 1. The van der Waals surface area contributed by atoms with Gasteiger partial charge in [-0.1, -0.05) is 43.3 Å². The number of aliphatic hydroxyl groups is 1. The van der Waals surface area contributed by atoms with Gasteiger partial charge in [0.25, 0.3) is 0 Å². The third-order valence-corrected chi connectivity index (χ3v) is 9.99. The van der Waals surface area contributed by atoms with Crippen molar-refractivity contribution in [2.75, 3.05) is 37.6 Å². The van der Waals surface area contributed by atoms with E-state index in [0.29, 0.717) is 11.2 Å². The fraction of sp³-hybridized carbons (Fsp3) is 0.531.